The van der Waals surface area contributed by atoms with Crippen LogP contribution in [0.1, 0.15) is 34.2 Å². The van der Waals surface area contributed by atoms with Crippen molar-refractivity contribution in [2.45, 2.75) is 40.2 Å². The molecule has 2 heterocycles. The molecule has 5 nitrogen and oxygen atoms in total. The van der Waals surface area contributed by atoms with Crippen LogP contribution in [0.15, 0.2) is 24.3 Å². The van der Waals surface area contributed by atoms with Crippen LogP contribution < -0.4 is 15.5 Å². The third kappa shape index (κ3) is 3.65. The summed E-state index contributed by atoms with van der Waals surface area (Å²) in [6, 6.07) is 7.55. The molecule has 29 heavy (non-hydrogen) atoms. The van der Waals surface area contributed by atoms with Crippen molar-refractivity contribution in [2.75, 3.05) is 23.3 Å². The van der Waals surface area contributed by atoms with E-state index in [1.54, 1.807) is 11.0 Å². The average Bonchev–Trinajstić information content (AvgIpc) is 3.05. The monoisotopic (exact) mass is 395 g/mol. The van der Waals surface area contributed by atoms with Gasteiger partial charge < -0.3 is 15.5 Å². The van der Waals surface area contributed by atoms with Gasteiger partial charge in [0.1, 0.15) is 5.82 Å². The van der Waals surface area contributed by atoms with Crippen molar-refractivity contribution in [3.8, 4) is 0 Å². The molecule has 1 saturated heterocycles. The first kappa shape index (κ1) is 19.6. The number of nitrogens with zero attached hydrogens (tertiary/aromatic N) is 1. The fraction of sp³-hybridized carbons (Fsp3) is 0.391. The third-order valence-corrected chi connectivity index (χ3v) is 5.87. The van der Waals surface area contributed by atoms with Gasteiger partial charge in [-0.15, -0.1) is 0 Å². The number of amides is 2. The van der Waals surface area contributed by atoms with E-state index in [9.17, 15) is 14.0 Å². The second-order valence-corrected chi connectivity index (χ2v) is 8.13. The van der Waals surface area contributed by atoms with Crippen LogP contribution in [0.2, 0.25) is 0 Å². The Morgan fingerprint density at radius 1 is 1.21 bits per heavy atom. The zero-order chi connectivity index (χ0) is 20.7. The zero-order valence-electron chi connectivity index (χ0n) is 17.1. The van der Waals surface area contributed by atoms with Crippen LogP contribution >= 0.6 is 0 Å². The Bertz CT molecular complexity index is 979. The van der Waals surface area contributed by atoms with Gasteiger partial charge in [-0.1, -0.05) is 23.8 Å². The van der Waals surface area contributed by atoms with E-state index in [-0.39, 0.29) is 29.7 Å². The van der Waals surface area contributed by atoms with Gasteiger partial charge in [0, 0.05) is 25.2 Å². The molecule has 2 aliphatic rings. The van der Waals surface area contributed by atoms with Gasteiger partial charge in [-0.2, -0.15) is 0 Å². The summed E-state index contributed by atoms with van der Waals surface area (Å²) in [6.07, 6.45) is 0.738. The summed E-state index contributed by atoms with van der Waals surface area (Å²) in [5.74, 6) is -1.24. The largest absolute Gasteiger partial charge is 0.323 e. The van der Waals surface area contributed by atoms with E-state index in [2.05, 4.69) is 10.6 Å². The van der Waals surface area contributed by atoms with Crippen LogP contribution in [0.5, 0.6) is 0 Å². The van der Waals surface area contributed by atoms with Crippen molar-refractivity contribution in [3.05, 3.63) is 57.9 Å². The summed E-state index contributed by atoms with van der Waals surface area (Å²) in [5.41, 5.74) is 5.85. The molecule has 0 bridgehead atoms. The molecule has 0 aromatic heterocycles. The maximum atomic E-state index is 14.8. The fourth-order valence-corrected chi connectivity index (χ4v) is 4.56. The van der Waals surface area contributed by atoms with E-state index in [4.69, 9.17) is 0 Å². The maximum absolute atomic E-state index is 14.8. The SMILES string of the molecule is Cc1cc(C)c(N2CC(C(=O)Nc3ccc4c(c3F)CCNC4)CC2=O)c(C)c1. The highest BCUT2D eigenvalue weighted by Crippen LogP contribution is 2.33. The van der Waals surface area contributed by atoms with Gasteiger partial charge in [0.2, 0.25) is 11.8 Å². The molecule has 4 rings (SSSR count). The molecule has 0 spiro atoms. The highest BCUT2D eigenvalue weighted by atomic mass is 19.1. The van der Waals surface area contributed by atoms with Gasteiger partial charge in [0.25, 0.3) is 0 Å². The van der Waals surface area contributed by atoms with Crippen molar-refractivity contribution in [3.63, 3.8) is 0 Å². The van der Waals surface area contributed by atoms with E-state index in [0.29, 0.717) is 25.1 Å². The molecule has 1 atom stereocenters. The molecule has 152 valence electrons. The Hall–Kier alpha value is -2.73. The predicted octanol–water partition coefficient (Wildman–Crippen LogP) is 3.39. The number of carbonyl (C=O) groups is 2. The predicted molar refractivity (Wildman–Crippen MR) is 112 cm³/mol. The molecule has 0 saturated carbocycles. The Morgan fingerprint density at radius 3 is 2.66 bits per heavy atom. The van der Waals surface area contributed by atoms with Crippen molar-refractivity contribution in [1.29, 1.82) is 0 Å². The fourth-order valence-electron chi connectivity index (χ4n) is 4.56. The highest BCUT2D eigenvalue weighted by Gasteiger charge is 2.36. The van der Waals surface area contributed by atoms with E-state index >= 15 is 0 Å². The zero-order valence-corrected chi connectivity index (χ0v) is 17.1. The summed E-state index contributed by atoms with van der Waals surface area (Å²) in [5, 5.41) is 5.93. The minimum atomic E-state index is -0.500. The summed E-state index contributed by atoms with van der Waals surface area (Å²) in [6.45, 7) is 7.66. The van der Waals surface area contributed by atoms with E-state index in [1.807, 2.05) is 39.0 Å². The third-order valence-electron chi connectivity index (χ3n) is 5.87. The van der Waals surface area contributed by atoms with Crippen LogP contribution in [0.4, 0.5) is 15.8 Å². The number of fused-ring (bicyclic) bond motifs is 1. The molecule has 2 N–H and O–H groups in total. The average molecular weight is 395 g/mol. The molecule has 2 aliphatic heterocycles. The normalized spacial score (nSPS) is 18.7. The van der Waals surface area contributed by atoms with E-state index in [1.165, 1.54) is 0 Å². The lowest BCUT2D eigenvalue weighted by molar-refractivity contribution is -0.122. The van der Waals surface area contributed by atoms with Crippen LogP contribution in [0.3, 0.4) is 0 Å². The van der Waals surface area contributed by atoms with Crippen molar-refractivity contribution >= 4 is 23.2 Å². The summed E-state index contributed by atoms with van der Waals surface area (Å²) < 4.78 is 14.8. The molecule has 2 aromatic rings. The Morgan fingerprint density at radius 2 is 1.93 bits per heavy atom. The van der Waals surface area contributed by atoms with Gasteiger partial charge >= 0.3 is 0 Å². The number of rotatable bonds is 3. The Balaban J connectivity index is 1.52. The van der Waals surface area contributed by atoms with Crippen LogP contribution in [0.25, 0.3) is 0 Å². The second-order valence-electron chi connectivity index (χ2n) is 8.13. The first-order valence-electron chi connectivity index (χ1n) is 10.0. The van der Waals surface area contributed by atoms with Crippen molar-refractivity contribution in [2.24, 2.45) is 5.92 Å². The van der Waals surface area contributed by atoms with Gasteiger partial charge in [-0.3, -0.25) is 9.59 Å². The minimum Gasteiger partial charge on any atom is -0.323 e. The molecule has 0 radical (unpaired) electrons. The maximum Gasteiger partial charge on any atom is 0.229 e. The van der Waals surface area contributed by atoms with Crippen LogP contribution in [0, 0.1) is 32.5 Å². The van der Waals surface area contributed by atoms with Crippen molar-refractivity contribution < 1.29 is 14.0 Å². The molecule has 2 amide bonds. The molecule has 6 heteroatoms. The molecule has 2 aromatic carbocycles. The lowest BCUT2D eigenvalue weighted by Gasteiger charge is -2.22. The Kier molecular flexibility index (Phi) is 5.13. The van der Waals surface area contributed by atoms with Gasteiger partial charge in [-0.05, 0) is 62.1 Å². The summed E-state index contributed by atoms with van der Waals surface area (Å²) in [7, 11) is 0. The van der Waals surface area contributed by atoms with Crippen molar-refractivity contribution in [1.82, 2.24) is 5.32 Å². The summed E-state index contributed by atoms with van der Waals surface area (Å²) in [4.78, 5) is 27.2. The number of anilines is 2. The quantitative estimate of drug-likeness (QED) is 0.838. The number of nitrogens with one attached hydrogen (secondary N) is 2. The molecule has 1 fully saturated rings. The standard InChI is InChI=1S/C23H26FN3O2/c1-13-8-14(2)22(15(3)9-13)27-12-17(10-20(27)28)23(29)26-19-5-4-16-11-25-7-6-18(16)21(19)24/h4-5,8-9,17,25H,6-7,10-12H2,1-3H3,(H,26,29). The number of hydrogen-bond donors (Lipinski definition) is 2. The van der Waals surface area contributed by atoms with Gasteiger partial charge in [-0.25, -0.2) is 4.39 Å². The first-order chi connectivity index (χ1) is 13.8. The number of aryl methyl sites for hydroxylation is 3. The second kappa shape index (κ2) is 7.59. The van der Waals surface area contributed by atoms with E-state index in [0.717, 1.165) is 34.5 Å². The lowest BCUT2D eigenvalue weighted by Crippen LogP contribution is -2.30. The number of hydrogen-bond acceptors (Lipinski definition) is 3. The highest BCUT2D eigenvalue weighted by molar-refractivity contribution is 6.04. The molecule has 0 aliphatic carbocycles. The smallest absolute Gasteiger partial charge is 0.229 e. The summed E-state index contributed by atoms with van der Waals surface area (Å²) >= 11 is 0. The Labute approximate surface area is 170 Å². The van der Waals surface area contributed by atoms with Gasteiger partial charge in [0.15, 0.2) is 0 Å². The van der Waals surface area contributed by atoms with E-state index < -0.39 is 5.92 Å². The lowest BCUT2D eigenvalue weighted by atomic mass is 9.99. The van der Waals surface area contributed by atoms with Crippen LogP contribution in [-0.2, 0) is 22.6 Å². The number of carbonyl (C=O) groups excluding carboxylic acids is 2. The number of benzene rings is 2. The number of halogens is 1. The van der Waals surface area contributed by atoms with Gasteiger partial charge in [0.05, 0.1) is 11.6 Å². The topological polar surface area (TPSA) is 61.4 Å². The molecular weight excluding hydrogens is 369 g/mol. The molecular formula is C23H26FN3O2. The first-order valence-corrected chi connectivity index (χ1v) is 10.0. The van der Waals surface area contributed by atoms with Crippen LogP contribution in [-0.4, -0.2) is 24.9 Å². The molecule has 1 unspecified atom stereocenters. The minimum absolute atomic E-state index is 0.0720.